The molecule has 1 amide bonds. The van der Waals surface area contributed by atoms with E-state index in [4.69, 9.17) is 4.74 Å². The van der Waals surface area contributed by atoms with Crippen LogP contribution in [-0.4, -0.2) is 18.6 Å². The molecule has 3 nitrogen and oxygen atoms in total. The number of ether oxygens (including phenoxy) is 1. The lowest BCUT2D eigenvalue weighted by Crippen LogP contribution is -2.33. The molecule has 1 aromatic carbocycles. The summed E-state index contributed by atoms with van der Waals surface area (Å²) in [5.74, 6) is -1.32. The molecule has 1 aromatic rings. The molecule has 1 aliphatic heterocycles. The Morgan fingerprint density at radius 1 is 1.47 bits per heavy atom. The van der Waals surface area contributed by atoms with Crippen molar-refractivity contribution in [3.05, 3.63) is 35.4 Å². The standard InChI is InChI=1S/C12H13F2NO2/c13-9-3-4-10(14)8(6-9)7-15-12(16)11-2-1-5-17-11/h3-4,6,11H,1-2,5,7H2,(H,15,16). The van der Waals surface area contributed by atoms with Gasteiger partial charge in [0.2, 0.25) is 5.91 Å². The Kier molecular flexibility index (Phi) is 3.68. The van der Waals surface area contributed by atoms with Crippen molar-refractivity contribution < 1.29 is 18.3 Å². The van der Waals surface area contributed by atoms with Gasteiger partial charge in [0.05, 0.1) is 0 Å². The molecule has 5 heteroatoms. The molecule has 17 heavy (non-hydrogen) atoms. The van der Waals surface area contributed by atoms with Gasteiger partial charge >= 0.3 is 0 Å². The van der Waals surface area contributed by atoms with Gasteiger partial charge in [0.15, 0.2) is 0 Å². The van der Waals surface area contributed by atoms with E-state index in [1.807, 2.05) is 0 Å². The van der Waals surface area contributed by atoms with Gasteiger partial charge < -0.3 is 10.1 Å². The van der Waals surface area contributed by atoms with Crippen molar-refractivity contribution in [2.45, 2.75) is 25.5 Å². The summed E-state index contributed by atoms with van der Waals surface area (Å²) in [5.41, 5.74) is 0.136. The number of carbonyl (C=O) groups is 1. The van der Waals surface area contributed by atoms with Crippen molar-refractivity contribution >= 4 is 5.91 Å². The highest BCUT2D eigenvalue weighted by Crippen LogP contribution is 2.13. The van der Waals surface area contributed by atoms with Crippen LogP contribution < -0.4 is 5.32 Å². The van der Waals surface area contributed by atoms with E-state index in [-0.39, 0.29) is 18.0 Å². The first kappa shape index (κ1) is 12.0. The van der Waals surface area contributed by atoms with Crippen LogP contribution in [0.5, 0.6) is 0 Å². The quantitative estimate of drug-likeness (QED) is 0.875. The maximum Gasteiger partial charge on any atom is 0.249 e. The highest BCUT2D eigenvalue weighted by atomic mass is 19.1. The van der Waals surface area contributed by atoms with Gasteiger partial charge in [-0.1, -0.05) is 0 Å². The summed E-state index contributed by atoms with van der Waals surface area (Å²) in [6.45, 7) is 0.550. The lowest BCUT2D eigenvalue weighted by atomic mass is 10.2. The summed E-state index contributed by atoms with van der Waals surface area (Å²) in [5, 5.41) is 2.54. The molecule has 0 spiro atoms. The van der Waals surface area contributed by atoms with Gasteiger partial charge in [-0.2, -0.15) is 0 Å². The summed E-state index contributed by atoms with van der Waals surface area (Å²) >= 11 is 0. The Balaban J connectivity index is 1.92. The van der Waals surface area contributed by atoms with Crippen LogP contribution in [0.15, 0.2) is 18.2 Å². The predicted molar refractivity (Wildman–Crippen MR) is 57.2 cm³/mol. The van der Waals surface area contributed by atoms with Crippen LogP contribution in [0.25, 0.3) is 0 Å². The first-order chi connectivity index (χ1) is 8.16. The fourth-order valence-corrected chi connectivity index (χ4v) is 1.76. The molecule has 1 fully saturated rings. The highest BCUT2D eigenvalue weighted by Gasteiger charge is 2.23. The Bertz CT molecular complexity index is 417. The van der Waals surface area contributed by atoms with Gasteiger partial charge in [0, 0.05) is 18.7 Å². The zero-order valence-electron chi connectivity index (χ0n) is 9.21. The van der Waals surface area contributed by atoms with Crippen LogP contribution in [0, 0.1) is 11.6 Å². The average Bonchev–Trinajstić information content (AvgIpc) is 2.83. The molecule has 1 atom stereocenters. The zero-order valence-corrected chi connectivity index (χ0v) is 9.21. The summed E-state index contributed by atoms with van der Waals surface area (Å²) in [6.07, 6.45) is 1.08. The molecule has 92 valence electrons. The Labute approximate surface area is 97.8 Å². The van der Waals surface area contributed by atoms with Gasteiger partial charge in [-0.3, -0.25) is 4.79 Å². The van der Waals surface area contributed by atoms with Gasteiger partial charge in [-0.15, -0.1) is 0 Å². The molecule has 0 aliphatic carbocycles. The number of hydrogen-bond acceptors (Lipinski definition) is 2. The number of amides is 1. The SMILES string of the molecule is O=C(NCc1cc(F)ccc1F)C1CCCO1. The summed E-state index contributed by atoms with van der Waals surface area (Å²) in [6, 6.07) is 3.16. The molecular formula is C12H13F2NO2. The zero-order chi connectivity index (χ0) is 12.3. The molecule has 0 radical (unpaired) electrons. The maximum absolute atomic E-state index is 13.2. The third-order valence-electron chi connectivity index (χ3n) is 2.68. The van der Waals surface area contributed by atoms with E-state index >= 15 is 0 Å². The molecule has 1 aliphatic rings. The van der Waals surface area contributed by atoms with Gasteiger partial charge in [0.25, 0.3) is 0 Å². The third-order valence-corrected chi connectivity index (χ3v) is 2.68. The minimum absolute atomic E-state index is 0.0255. The lowest BCUT2D eigenvalue weighted by Gasteiger charge is -2.10. The topological polar surface area (TPSA) is 38.3 Å². The number of halogens is 2. The average molecular weight is 241 g/mol. The Morgan fingerprint density at radius 2 is 2.29 bits per heavy atom. The fourth-order valence-electron chi connectivity index (χ4n) is 1.76. The van der Waals surface area contributed by atoms with Crippen LogP contribution in [0.2, 0.25) is 0 Å². The van der Waals surface area contributed by atoms with Crippen molar-refractivity contribution in [1.82, 2.24) is 5.32 Å². The minimum Gasteiger partial charge on any atom is -0.368 e. The summed E-state index contributed by atoms with van der Waals surface area (Å²) < 4.78 is 31.3. The van der Waals surface area contributed by atoms with Crippen LogP contribution in [-0.2, 0) is 16.1 Å². The Morgan fingerprint density at radius 3 is 3.00 bits per heavy atom. The molecule has 0 bridgehead atoms. The second-order valence-corrected chi connectivity index (χ2v) is 3.96. The second kappa shape index (κ2) is 5.23. The van der Waals surface area contributed by atoms with E-state index in [1.165, 1.54) is 0 Å². The fraction of sp³-hybridized carbons (Fsp3) is 0.417. The highest BCUT2D eigenvalue weighted by molar-refractivity contribution is 5.80. The maximum atomic E-state index is 13.2. The monoisotopic (exact) mass is 241 g/mol. The van der Waals surface area contributed by atoms with Crippen LogP contribution >= 0.6 is 0 Å². The van der Waals surface area contributed by atoms with Crippen LogP contribution in [0.3, 0.4) is 0 Å². The molecule has 0 saturated carbocycles. The number of rotatable bonds is 3. The van der Waals surface area contributed by atoms with E-state index in [0.29, 0.717) is 13.0 Å². The normalized spacial score (nSPS) is 19.3. The Hall–Kier alpha value is -1.49. The van der Waals surface area contributed by atoms with E-state index in [9.17, 15) is 13.6 Å². The molecule has 0 aromatic heterocycles. The second-order valence-electron chi connectivity index (χ2n) is 3.96. The lowest BCUT2D eigenvalue weighted by molar-refractivity contribution is -0.130. The molecule has 1 unspecified atom stereocenters. The molecule has 2 rings (SSSR count). The van der Waals surface area contributed by atoms with Crippen molar-refractivity contribution in [3.63, 3.8) is 0 Å². The summed E-state index contributed by atoms with van der Waals surface area (Å²) in [7, 11) is 0. The van der Waals surface area contributed by atoms with Gasteiger partial charge in [-0.25, -0.2) is 8.78 Å². The van der Waals surface area contributed by atoms with E-state index in [2.05, 4.69) is 5.32 Å². The first-order valence-electron chi connectivity index (χ1n) is 5.50. The van der Waals surface area contributed by atoms with Crippen molar-refractivity contribution in [1.29, 1.82) is 0 Å². The predicted octanol–water partition coefficient (Wildman–Crippen LogP) is 1.76. The van der Waals surface area contributed by atoms with Crippen LogP contribution in [0.1, 0.15) is 18.4 Å². The van der Waals surface area contributed by atoms with E-state index < -0.39 is 17.7 Å². The third kappa shape index (κ3) is 3.00. The van der Waals surface area contributed by atoms with Crippen molar-refractivity contribution in [3.8, 4) is 0 Å². The van der Waals surface area contributed by atoms with Crippen molar-refractivity contribution in [2.24, 2.45) is 0 Å². The molecule has 1 N–H and O–H groups in total. The van der Waals surface area contributed by atoms with Gasteiger partial charge in [0.1, 0.15) is 17.7 Å². The smallest absolute Gasteiger partial charge is 0.249 e. The minimum atomic E-state index is -0.529. The van der Waals surface area contributed by atoms with E-state index in [0.717, 1.165) is 24.6 Å². The molecule has 1 saturated heterocycles. The largest absolute Gasteiger partial charge is 0.368 e. The van der Waals surface area contributed by atoms with E-state index in [1.54, 1.807) is 0 Å². The number of nitrogens with one attached hydrogen (secondary N) is 1. The molecular weight excluding hydrogens is 228 g/mol. The number of carbonyl (C=O) groups excluding carboxylic acids is 1. The number of benzene rings is 1. The molecule has 1 heterocycles. The van der Waals surface area contributed by atoms with Crippen LogP contribution in [0.4, 0.5) is 8.78 Å². The number of hydrogen-bond donors (Lipinski definition) is 1. The van der Waals surface area contributed by atoms with Gasteiger partial charge in [-0.05, 0) is 31.0 Å². The first-order valence-corrected chi connectivity index (χ1v) is 5.50. The van der Waals surface area contributed by atoms with Crippen molar-refractivity contribution in [2.75, 3.05) is 6.61 Å². The summed E-state index contributed by atoms with van der Waals surface area (Å²) in [4.78, 5) is 11.6.